The monoisotopic (exact) mass is 444 g/mol. The summed E-state index contributed by atoms with van der Waals surface area (Å²) >= 11 is 0. The zero-order chi connectivity index (χ0) is 22.1. The van der Waals surface area contributed by atoms with Gasteiger partial charge in [0, 0.05) is 49.9 Å². The zero-order valence-electron chi connectivity index (χ0n) is 17.3. The number of hydrogen-bond acceptors (Lipinski definition) is 5. The molecule has 168 valence electrons. The molecule has 0 saturated carbocycles. The Balaban J connectivity index is 1.11. The van der Waals surface area contributed by atoms with Crippen molar-refractivity contribution < 1.29 is 22.6 Å². The Labute approximate surface area is 183 Å². The predicted molar refractivity (Wildman–Crippen MR) is 114 cm³/mol. The molecule has 2 aromatic carbocycles. The highest BCUT2D eigenvalue weighted by molar-refractivity contribution is 5.53. The molecule has 1 unspecified atom stereocenters. The molecule has 0 spiro atoms. The van der Waals surface area contributed by atoms with E-state index in [0.717, 1.165) is 62.0 Å². The third-order valence-corrected chi connectivity index (χ3v) is 5.83. The van der Waals surface area contributed by atoms with E-state index in [1.807, 2.05) is 35.0 Å². The van der Waals surface area contributed by atoms with E-state index < -0.39 is 11.7 Å². The molecule has 0 N–H and O–H groups in total. The maximum Gasteiger partial charge on any atom is 0.416 e. The summed E-state index contributed by atoms with van der Waals surface area (Å²) in [5.74, 6) is 0.783. The molecule has 1 saturated heterocycles. The Hall–Kier alpha value is -3.36. The number of piperazine rings is 1. The predicted octanol–water partition coefficient (Wildman–Crippen LogP) is 4.07. The van der Waals surface area contributed by atoms with Crippen molar-refractivity contribution in [3.8, 4) is 11.8 Å². The fourth-order valence-corrected chi connectivity index (χ4v) is 4.07. The van der Waals surface area contributed by atoms with Crippen molar-refractivity contribution in [1.29, 1.82) is 0 Å². The van der Waals surface area contributed by atoms with E-state index >= 15 is 0 Å². The van der Waals surface area contributed by atoms with E-state index in [0.29, 0.717) is 12.6 Å². The number of anilines is 2. The first-order valence-corrected chi connectivity index (χ1v) is 10.5. The first-order valence-electron chi connectivity index (χ1n) is 10.5. The van der Waals surface area contributed by atoms with Crippen molar-refractivity contribution in [3.63, 3.8) is 0 Å². The van der Waals surface area contributed by atoms with Crippen LogP contribution in [0.5, 0.6) is 11.8 Å². The highest BCUT2D eigenvalue weighted by Gasteiger charge is 2.30. The summed E-state index contributed by atoms with van der Waals surface area (Å²) in [6, 6.07) is 14.0. The smallest absolute Gasteiger partial charge is 0.416 e. The van der Waals surface area contributed by atoms with Crippen LogP contribution < -0.4 is 19.3 Å². The average molecular weight is 444 g/mol. The van der Waals surface area contributed by atoms with E-state index in [9.17, 15) is 13.2 Å². The lowest BCUT2D eigenvalue weighted by atomic mass is 10.1. The molecule has 5 rings (SSSR count). The van der Waals surface area contributed by atoms with Gasteiger partial charge in [0.25, 0.3) is 6.01 Å². The second-order valence-corrected chi connectivity index (χ2v) is 7.93. The SMILES string of the molecule is FC(F)(F)c1ccc(N2CCN(c3ccc(OCC4Cn5ccnc5O4)cc3)CC2)cc1. The van der Waals surface area contributed by atoms with Crippen molar-refractivity contribution in [3.05, 3.63) is 66.5 Å². The summed E-state index contributed by atoms with van der Waals surface area (Å²) < 4.78 is 51.8. The lowest BCUT2D eigenvalue weighted by Crippen LogP contribution is -2.46. The van der Waals surface area contributed by atoms with Crippen molar-refractivity contribution in [2.45, 2.75) is 18.8 Å². The lowest BCUT2D eigenvalue weighted by molar-refractivity contribution is -0.137. The van der Waals surface area contributed by atoms with Gasteiger partial charge < -0.3 is 19.3 Å². The van der Waals surface area contributed by atoms with Crippen molar-refractivity contribution >= 4 is 11.4 Å². The maximum atomic E-state index is 12.8. The van der Waals surface area contributed by atoms with Gasteiger partial charge in [-0.05, 0) is 48.5 Å². The average Bonchev–Trinajstić information content (AvgIpc) is 3.40. The molecular formula is C23H23F3N4O2. The Morgan fingerprint density at radius 3 is 2.06 bits per heavy atom. The number of ether oxygens (including phenoxy) is 2. The quantitative estimate of drug-likeness (QED) is 0.594. The number of alkyl halides is 3. The fourth-order valence-electron chi connectivity index (χ4n) is 4.07. The molecule has 1 atom stereocenters. The molecular weight excluding hydrogens is 421 g/mol. The summed E-state index contributed by atoms with van der Waals surface area (Å²) in [6.45, 7) is 4.27. The van der Waals surface area contributed by atoms with Gasteiger partial charge in [0.2, 0.25) is 0 Å². The molecule has 6 nitrogen and oxygen atoms in total. The third kappa shape index (κ3) is 4.32. The topological polar surface area (TPSA) is 42.8 Å². The van der Waals surface area contributed by atoms with E-state index in [4.69, 9.17) is 9.47 Å². The number of aromatic nitrogens is 2. The van der Waals surface area contributed by atoms with Crippen LogP contribution >= 0.6 is 0 Å². The van der Waals surface area contributed by atoms with Crippen LogP contribution in [0.4, 0.5) is 24.5 Å². The second kappa shape index (κ2) is 8.29. The van der Waals surface area contributed by atoms with Gasteiger partial charge in [-0.1, -0.05) is 0 Å². The minimum atomic E-state index is -4.31. The minimum absolute atomic E-state index is 0.0448. The van der Waals surface area contributed by atoms with Crippen LogP contribution in [-0.4, -0.2) is 48.4 Å². The normalized spacial score (nSPS) is 18.4. The van der Waals surface area contributed by atoms with Crippen molar-refractivity contribution in [2.24, 2.45) is 0 Å². The Morgan fingerprint density at radius 1 is 0.906 bits per heavy atom. The molecule has 2 aliphatic rings. The number of halogens is 3. The standard InChI is InChI=1S/C23H23F3N4O2/c24-23(25,26)17-1-3-18(4-2-17)28-11-13-29(14-12-28)19-5-7-20(8-6-19)31-16-21-15-30-10-9-27-22(30)32-21/h1-10,21H,11-16H2. The molecule has 1 aromatic heterocycles. The molecule has 32 heavy (non-hydrogen) atoms. The molecule has 0 radical (unpaired) electrons. The lowest BCUT2D eigenvalue weighted by Gasteiger charge is -2.37. The highest BCUT2D eigenvalue weighted by Crippen LogP contribution is 2.31. The van der Waals surface area contributed by atoms with Crippen LogP contribution in [0.25, 0.3) is 0 Å². The van der Waals surface area contributed by atoms with Crippen LogP contribution in [0.3, 0.4) is 0 Å². The molecule has 3 heterocycles. The molecule has 2 aliphatic heterocycles. The summed E-state index contributed by atoms with van der Waals surface area (Å²) in [6.07, 6.45) is -0.743. The summed E-state index contributed by atoms with van der Waals surface area (Å²) in [7, 11) is 0. The van der Waals surface area contributed by atoms with Gasteiger partial charge in [0.1, 0.15) is 12.4 Å². The zero-order valence-corrected chi connectivity index (χ0v) is 17.3. The van der Waals surface area contributed by atoms with Gasteiger partial charge in [0.15, 0.2) is 6.10 Å². The molecule has 0 amide bonds. The number of rotatable bonds is 5. The van der Waals surface area contributed by atoms with Gasteiger partial charge in [-0.2, -0.15) is 13.2 Å². The molecule has 9 heteroatoms. The number of benzene rings is 2. The number of hydrogen-bond donors (Lipinski definition) is 0. The van der Waals surface area contributed by atoms with Crippen LogP contribution in [0.2, 0.25) is 0 Å². The molecule has 0 bridgehead atoms. The third-order valence-electron chi connectivity index (χ3n) is 5.83. The van der Waals surface area contributed by atoms with Crippen molar-refractivity contribution in [2.75, 3.05) is 42.6 Å². The van der Waals surface area contributed by atoms with Gasteiger partial charge in [-0.15, -0.1) is 0 Å². The second-order valence-electron chi connectivity index (χ2n) is 7.93. The summed E-state index contributed by atoms with van der Waals surface area (Å²) in [4.78, 5) is 8.51. The Morgan fingerprint density at radius 2 is 1.50 bits per heavy atom. The maximum absolute atomic E-state index is 12.8. The van der Waals surface area contributed by atoms with E-state index in [1.54, 1.807) is 18.3 Å². The Bertz CT molecular complexity index is 1020. The van der Waals surface area contributed by atoms with Crippen LogP contribution in [-0.2, 0) is 12.7 Å². The van der Waals surface area contributed by atoms with Crippen LogP contribution in [0.15, 0.2) is 60.9 Å². The Kier molecular flexibility index (Phi) is 5.32. The van der Waals surface area contributed by atoms with E-state index in [2.05, 4.69) is 14.8 Å². The van der Waals surface area contributed by atoms with E-state index in [1.165, 1.54) is 0 Å². The minimum Gasteiger partial charge on any atom is -0.490 e. The fraction of sp³-hybridized carbons (Fsp3) is 0.348. The van der Waals surface area contributed by atoms with E-state index in [-0.39, 0.29) is 6.10 Å². The number of fused-ring (bicyclic) bond motifs is 1. The van der Waals surface area contributed by atoms with Crippen molar-refractivity contribution in [1.82, 2.24) is 9.55 Å². The first-order chi connectivity index (χ1) is 15.5. The van der Waals surface area contributed by atoms with Gasteiger partial charge >= 0.3 is 6.18 Å². The van der Waals surface area contributed by atoms with Gasteiger partial charge in [-0.3, -0.25) is 4.57 Å². The summed E-state index contributed by atoms with van der Waals surface area (Å²) in [5.41, 5.74) is 1.30. The van der Waals surface area contributed by atoms with Crippen LogP contribution in [0, 0.1) is 0 Å². The molecule has 3 aromatic rings. The molecule has 1 fully saturated rings. The molecule has 0 aliphatic carbocycles. The van der Waals surface area contributed by atoms with Crippen LogP contribution in [0.1, 0.15) is 5.56 Å². The number of nitrogens with zero attached hydrogens (tertiary/aromatic N) is 4. The summed E-state index contributed by atoms with van der Waals surface area (Å²) in [5, 5.41) is 0. The van der Waals surface area contributed by atoms with Gasteiger partial charge in [0.05, 0.1) is 12.1 Å². The highest BCUT2D eigenvalue weighted by atomic mass is 19.4. The number of imidazole rings is 1. The first kappa shape index (κ1) is 20.5. The van der Waals surface area contributed by atoms with Gasteiger partial charge in [-0.25, -0.2) is 4.98 Å². The largest absolute Gasteiger partial charge is 0.490 e.